The molecule has 1 aromatic carbocycles. The first-order valence-corrected chi connectivity index (χ1v) is 6.21. The number of methoxy groups -OCH3 is 1. The van der Waals surface area contributed by atoms with Gasteiger partial charge in [-0.15, -0.1) is 0 Å². The van der Waals surface area contributed by atoms with E-state index in [0.717, 1.165) is 22.8 Å². The van der Waals surface area contributed by atoms with Crippen LogP contribution in [0, 0.1) is 0 Å². The molecule has 0 amide bonds. The molecule has 1 unspecified atom stereocenters. The lowest BCUT2D eigenvalue weighted by molar-refractivity contribution is 0.415. The molecule has 4 heteroatoms. The molecule has 1 atom stereocenters. The van der Waals surface area contributed by atoms with Crippen molar-refractivity contribution in [2.75, 3.05) is 19.1 Å². The summed E-state index contributed by atoms with van der Waals surface area (Å²) in [6.07, 6.45) is 1.82. The largest absolute Gasteiger partial charge is 0.497 e. The molecule has 19 heavy (non-hydrogen) atoms. The molecule has 1 aromatic heterocycles. The average Bonchev–Trinajstić information content (AvgIpc) is 2.46. The van der Waals surface area contributed by atoms with Gasteiger partial charge in [-0.3, -0.25) is 0 Å². The highest BCUT2D eigenvalue weighted by molar-refractivity contribution is 5.60. The zero-order valence-corrected chi connectivity index (χ0v) is 11.5. The Morgan fingerprint density at radius 3 is 2.63 bits per heavy atom. The molecule has 2 aromatic rings. The van der Waals surface area contributed by atoms with Crippen molar-refractivity contribution in [2.24, 2.45) is 5.73 Å². The van der Waals surface area contributed by atoms with Crippen LogP contribution < -0.4 is 15.4 Å². The van der Waals surface area contributed by atoms with Crippen molar-refractivity contribution in [3.63, 3.8) is 0 Å². The summed E-state index contributed by atoms with van der Waals surface area (Å²) in [4.78, 5) is 6.44. The highest BCUT2D eigenvalue weighted by Crippen LogP contribution is 2.25. The number of ether oxygens (including phenoxy) is 1. The van der Waals surface area contributed by atoms with E-state index in [0.29, 0.717) is 0 Å². The maximum atomic E-state index is 5.82. The highest BCUT2D eigenvalue weighted by Gasteiger charge is 2.07. The number of benzene rings is 1. The quantitative estimate of drug-likeness (QED) is 0.915. The van der Waals surface area contributed by atoms with Gasteiger partial charge in [0, 0.05) is 31.0 Å². The second kappa shape index (κ2) is 5.71. The minimum absolute atomic E-state index is 0.00340. The van der Waals surface area contributed by atoms with E-state index in [2.05, 4.69) is 4.98 Å². The van der Waals surface area contributed by atoms with Gasteiger partial charge in [-0.05, 0) is 30.7 Å². The normalized spacial score (nSPS) is 12.0. The zero-order valence-electron chi connectivity index (χ0n) is 11.5. The first-order valence-electron chi connectivity index (χ1n) is 6.21. The van der Waals surface area contributed by atoms with E-state index in [-0.39, 0.29) is 6.04 Å². The van der Waals surface area contributed by atoms with Crippen molar-refractivity contribution in [3.05, 3.63) is 48.2 Å². The summed E-state index contributed by atoms with van der Waals surface area (Å²) >= 11 is 0. The van der Waals surface area contributed by atoms with E-state index in [1.54, 1.807) is 7.11 Å². The Kier molecular flexibility index (Phi) is 4.02. The average molecular weight is 257 g/mol. The van der Waals surface area contributed by atoms with E-state index in [1.807, 2.05) is 61.5 Å². The monoisotopic (exact) mass is 257 g/mol. The summed E-state index contributed by atoms with van der Waals surface area (Å²) in [6, 6.07) is 11.8. The van der Waals surface area contributed by atoms with E-state index >= 15 is 0 Å². The van der Waals surface area contributed by atoms with E-state index in [1.165, 1.54) is 0 Å². The second-order valence-electron chi connectivity index (χ2n) is 4.50. The number of aromatic nitrogens is 1. The van der Waals surface area contributed by atoms with Crippen molar-refractivity contribution in [1.29, 1.82) is 0 Å². The van der Waals surface area contributed by atoms with E-state index in [4.69, 9.17) is 10.5 Å². The van der Waals surface area contributed by atoms with Crippen LogP contribution in [0.25, 0.3) is 0 Å². The summed E-state index contributed by atoms with van der Waals surface area (Å²) in [5.74, 6) is 1.70. The molecule has 0 aliphatic heterocycles. The Morgan fingerprint density at radius 2 is 2.05 bits per heavy atom. The topological polar surface area (TPSA) is 51.4 Å². The fraction of sp³-hybridized carbons (Fsp3) is 0.267. The fourth-order valence-corrected chi connectivity index (χ4v) is 1.82. The summed E-state index contributed by atoms with van der Waals surface area (Å²) in [7, 11) is 3.64. The van der Waals surface area contributed by atoms with Crippen molar-refractivity contribution in [1.82, 2.24) is 4.98 Å². The Morgan fingerprint density at radius 1 is 1.26 bits per heavy atom. The first kappa shape index (κ1) is 13.4. The number of pyridine rings is 1. The smallest absolute Gasteiger partial charge is 0.132 e. The van der Waals surface area contributed by atoms with Crippen LogP contribution in [0.3, 0.4) is 0 Å². The van der Waals surface area contributed by atoms with E-state index < -0.39 is 0 Å². The maximum Gasteiger partial charge on any atom is 0.132 e. The number of nitrogens with two attached hydrogens (primary N) is 1. The van der Waals surface area contributed by atoms with Gasteiger partial charge in [0.05, 0.1) is 7.11 Å². The number of anilines is 2. The van der Waals surface area contributed by atoms with Crippen LogP contribution in [0.15, 0.2) is 42.6 Å². The molecule has 0 fully saturated rings. The molecule has 0 saturated heterocycles. The number of hydrogen-bond acceptors (Lipinski definition) is 4. The van der Waals surface area contributed by atoms with Crippen LogP contribution in [-0.2, 0) is 0 Å². The minimum Gasteiger partial charge on any atom is -0.497 e. The third kappa shape index (κ3) is 3.03. The number of nitrogens with zero attached hydrogens (tertiary/aromatic N) is 2. The molecule has 2 rings (SSSR count). The molecule has 0 aliphatic rings. The van der Waals surface area contributed by atoms with Crippen LogP contribution in [0.2, 0.25) is 0 Å². The Balaban J connectivity index is 2.25. The zero-order chi connectivity index (χ0) is 13.8. The van der Waals surface area contributed by atoms with Crippen LogP contribution in [-0.4, -0.2) is 19.1 Å². The molecule has 0 spiro atoms. The second-order valence-corrected chi connectivity index (χ2v) is 4.50. The third-order valence-electron chi connectivity index (χ3n) is 3.08. The van der Waals surface area contributed by atoms with Gasteiger partial charge in [-0.1, -0.05) is 12.1 Å². The summed E-state index contributed by atoms with van der Waals surface area (Å²) in [5, 5.41) is 0. The lowest BCUT2D eigenvalue weighted by Crippen LogP contribution is -2.12. The molecular formula is C15H19N3O. The Bertz CT molecular complexity index is 537. The molecule has 0 saturated carbocycles. The summed E-state index contributed by atoms with van der Waals surface area (Å²) in [6.45, 7) is 1.95. The Hall–Kier alpha value is -2.07. The molecule has 0 aliphatic carbocycles. The fourth-order valence-electron chi connectivity index (χ4n) is 1.82. The summed E-state index contributed by atoms with van der Waals surface area (Å²) < 4.78 is 5.23. The van der Waals surface area contributed by atoms with Crippen LogP contribution in [0.1, 0.15) is 18.5 Å². The van der Waals surface area contributed by atoms with Gasteiger partial charge in [0.25, 0.3) is 0 Å². The van der Waals surface area contributed by atoms with Gasteiger partial charge in [0.2, 0.25) is 0 Å². The van der Waals surface area contributed by atoms with Crippen LogP contribution in [0.5, 0.6) is 5.75 Å². The predicted octanol–water partition coefficient (Wildman–Crippen LogP) is 2.88. The van der Waals surface area contributed by atoms with Crippen molar-refractivity contribution in [3.8, 4) is 5.75 Å². The molecule has 0 bridgehead atoms. The molecule has 2 N–H and O–H groups in total. The first-order chi connectivity index (χ1) is 9.11. The minimum atomic E-state index is 0.00340. The predicted molar refractivity (Wildman–Crippen MR) is 77.9 cm³/mol. The van der Waals surface area contributed by atoms with Crippen LogP contribution >= 0.6 is 0 Å². The molecule has 0 radical (unpaired) electrons. The molecular weight excluding hydrogens is 238 g/mol. The van der Waals surface area contributed by atoms with Gasteiger partial charge in [0.1, 0.15) is 11.6 Å². The van der Waals surface area contributed by atoms with Gasteiger partial charge in [0.15, 0.2) is 0 Å². The summed E-state index contributed by atoms with van der Waals surface area (Å²) in [5.41, 5.74) is 7.88. The highest BCUT2D eigenvalue weighted by atomic mass is 16.5. The standard InChI is InChI=1S/C15H19N3O/c1-11(16)12-7-8-15(17-10-12)18(2)13-5-4-6-14(9-13)19-3/h4-11H,16H2,1-3H3. The molecule has 100 valence electrons. The lowest BCUT2D eigenvalue weighted by Gasteiger charge is -2.19. The lowest BCUT2D eigenvalue weighted by atomic mass is 10.1. The molecule has 1 heterocycles. The third-order valence-corrected chi connectivity index (χ3v) is 3.08. The van der Waals surface area contributed by atoms with Gasteiger partial charge in [-0.2, -0.15) is 0 Å². The van der Waals surface area contributed by atoms with Crippen LogP contribution in [0.4, 0.5) is 11.5 Å². The van der Waals surface area contributed by atoms with Crippen molar-refractivity contribution in [2.45, 2.75) is 13.0 Å². The van der Waals surface area contributed by atoms with Crippen molar-refractivity contribution < 1.29 is 4.74 Å². The Labute approximate surface area is 113 Å². The van der Waals surface area contributed by atoms with Gasteiger partial charge in [-0.25, -0.2) is 4.98 Å². The van der Waals surface area contributed by atoms with Crippen molar-refractivity contribution >= 4 is 11.5 Å². The van der Waals surface area contributed by atoms with Gasteiger partial charge < -0.3 is 15.4 Å². The SMILES string of the molecule is COc1cccc(N(C)c2ccc(C(C)N)cn2)c1. The van der Waals surface area contributed by atoms with E-state index in [9.17, 15) is 0 Å². The van der Waals surface area contributed by atoms with Gasteiger partial charge >= 0.3 is 0 Å². The number of hydrogen-bond donors (Lipinski definition) is 1. The number of rotatable bonds is 4. The molecule has 4 nitrogen and oxygen atoms in total. The maximum absolute atomic E-state index is 5.82.